The number of rotatable bonds is 9. The largest absolute Gasteiger partial charge is 0.458 e. The molecule has 0 atom stereocenters. The van der Waals surface area contributed by atoms with Gasteiger partial charge < -0.3 is 14.3 Å². The molecule has 0 N–H and O–H groups in total. The van der Waals surface area contributed by atoms with E-state index in [1.807, 2.05) is 43.0 Å². The lowest BCUT2D eigenvalue weighted by Gasteiger charge is -2.14. The third-order valence-electron chi connectivity index (χ3n) is 3.63. The Morgan fingerprint density at radius 2 is 1.73 bits per heavy atom. The Morgan fingerprint density at radius 3 is 2.35 bits per heavy atom. The lowest BCUT2D eigenvalue weighted by atomic mass is 10.1. The summed E-state index contributed by atoms with van der Waals surface area (Å²) in [6, 6.07) is 11.9. The van der Waals surface area contributed by atoms with Gasteiger partial charge in [-0.05, 0) is 73.9 Å². The van der Waals surface area contributed by atoms with Crippen molar-refractivity contribution in [2.75, 3.05) is 19.7 Å². The highest BCUT2D eigenvalue weighted by molar-refractivity contribution is 7.99. The van der Waals surface area contributed by atoms with E-state index in [1.54, 1.807) is 6.21 Å². The van der Waals surface area contributed by atoms with Crippen LogP contribution in [0.4, 0.5) is 0 Å². The topological polar surface area (TPSA) is 40.0 Å². The first-order valence-electron chi connectivity index (χ1n) is 8.41. The number of oxime groups is 1. The highest BCUT2D eigenvalue weighted by Gasteiger charge is 2.07. The fourth-order valence-corrected chi connectivity index (χ4v) is 3.38. The summed E-state index contributed by atoms with van der Waals surface area (Å²) >= 11 is 1.82. The number of thioether (sulfide) groups is 1. The Kier molecular flexibility index (Phi) is 8.09. The van der Waals surface area contributed by atoms with Crippen molar-refractivity contribution in [1.29, 1.82) is 0 Å². The fourth-order valence-electron chi connectivity index (χ4n) is 2.38. The van der Waals surface area contributed by atoms with Gasteiger partial charge in [0.25, 0.3) is 0 Å². The second-order valence-electron chi connectivity index (χ2n) is 5.66. The molecular weight excluding hydrogens is 346 g/mol. The van der Waals surface area contributed by atoms with Gasteiger partial charge in [-0.15, -0.1) is 11.8 Å². The van der Waals surface area contributed by atoms with Crippen molar-refractivity contribution in [3.8, 4) is 11.5 Å². The molecule has 0 saturated heterocycles. The Morgan fingerprint density at radius 1 is 1.04 bits per heavy atom. The van der Waals surface area contributed by atoms with E-state index in [4.69, 9.17) is 9.47 Å². The average molecular weight is 372 g/mol. The van der Waals surface area contributed by atoms with E-state index in [1.165, 1.54) is 12.0 Å². The van der Waals surface area contributed by atoms with Crippen LogP contribution < -0.4 is 9.47 Å². The SMILES string of the molecule is C/C=C/CSc1cc(C)c(OCOc2ccc(C=NOC)cc2)c(C)c1. The predicted octanol–water partition coefficient (Wildman–Crippen LogP) is 5.37. The van der Waals surface area contributed by atoms with Crippen LogP contribution in [0.5, 0.6) is 11.5 Å². The van der Waals surface area contributed by atoms with Crippen LogP contribution in [-0.2, 0) is 4.84 Å². The number of hydrogen-bond donors (Lipinski definition) is 0. The molecule has 2 aromatic carbocycles. The van der Waals surface area contributed by atoms with Gasteiger partial charge in [-0.3, -0.25) is 0 Å². The minimum atomic E-state index is 0.165. The van der Waals surface area contributed by atoms with Crippen molar-refractivity contribution >= 4 is 18.0 Å². The van der Waals surface area contributed by atoms with Gasteiger partial charge >= 0.3 is 0 Å². The van der Waals surface area contributed by atoms with Gasteiger partial charge in [0.05, 0.1) is 6.21 Å². The predicted molar refractivity (Wildman–Crippen MR) is 109 cm³/mol. The lowest BCUT2D eigenvalue weighted by molar-refractivity contribution is 0.118. The molecule has 0 radical (unpaired) electrons. The molecule has 0 heterocycles. The lowest BCUT2D eigenvalue weighted by Crippen LogP contribution is -2.07. The minimum absolute atomic E-state index is 0.165. The normalized spacial score (nSPS) is 11.2. The van der Waals surface area contributed by atoms with Crippen LogP contribution in [0, 0.1) is 13.8 Å². The quantitative estimate of drug-likeness (QED) is 0.195. The van der Waals surface area contributed by atoms with E-state index in [2.05, 4.69) is 48.1 Å². The van der Waals surface area contributed by atoms with E-state index in [0.29, 0.717) is 0 Å². The maximum atomic E-state index is 5.86. The molecule has 0 bridgehead atoms. The minimum Gasteiger partial charge on any atom is -0.458 e. The Hall–Kier alpha value is -2.40. The molecule has 4 nitrogen and oxygen atoms in total. The van der Waals surface area contributed by atoms with E-state index in [-0.39, 0.29) is 6.79 Å². The highest BCUT2D eigenvalue weighted by Crippen LogP contribution is 2.30. The van der Waals surface area contributed by atoms with E-state index in [0.717, 1.165) is 33.9 Å². The standard InChI is InChI=1S/C21H25NO3S/c1-5-6-11-26-20-12-16(2)21(17(3)13-20)25-15-24-19-9-7-18(8-10-19)14-22-23-4/h5-10,12-14H,11,15H2,1-4H3/b6-5+,22-14?. The van der Waals surface area contributed by atoms with Crippen LogP contribution in [0.3, 0.4) is 0 Å². The van der Waals surface area contributed by atoms with Crippen molar-refractivity contribution in [2.45, 2.75) is 25.7 Å². The van der Waals surface area contributed by atoms with Crippen molar-refractivity contribution in [1.82, 2.24) is 0 Å². The summed E-state index contributed by atoms with van der Waals surface area (Å²) < 4.78 is 11.5. The van der Waals surface area contributed by atoms with Gasteiger partial charge in [-0.1, -0.05) is 17.3 Å². The van der Waals surface area contributed by atoms with Crippen LogP contribution in [-0.4, -0.2) is 25.9 Å². The summed E-state index contributed by atoms with van der Waals surface area (Å²) in [5.74, 6) is 2.60. The van der Waals surface area contributed by atoms with E-state index < -0.39 is 0 Å². The maximum Gasteiger partial charge on any atom is 0.230 e. The molecule has 26 heavy (non-hydrogen) atoms. The van der Waals surface area contributed by atoms with Gasteiger partial charge in [0.1, 0.15) is 18.6 Å². The first kappa shape index (κ1) is 19.9. The molecule has 0 fully saturated rings. The van der Waals surface area contributed by atoms with E-state index in [9.17, 15) is 0 Å². The molecule has 0 spiro atoms. The smallest absolute Gasteiger partial charge is 0.230 e. The summed E-state index contributed by atoms with van der Waals surface area (Å²) in [6.45, 7) is 6.32. The molecule has 0 aliphatic carbocycles. The average Bonchev–Trinajstić information content (AvgIpc) is 2.63. The van der Waals surface area contributed by atoms with Crippen LogP contribution >= 0.6 is 11.8 Å². The van der Waals surface area contributed by atoms with Crippen molar-refractivity contribution < 1.29 is 14.3 Å². The summed E-state index contributed by atoms with van der Waals surface area (Å²) in [7, 11) is 1.52. The molecule has 5 heteroatoms. The molecular formula is C21H25NO3S. The second-order valence-corrected chi connectivity index (χ2v) is 6.75. The molecule has 2 aromatic rings. The number of allylic oxidation sites excluding steroid dienone is 1. The zero-order valence-electron chi connectivity index (χ0n) is 15.7. The highest BCUT2D eigenvalue weighted by atomic mass is 32.2. The zero-order valence-corrected chi connectivity index (χ0v) is 16.5. The molecule has 0 aromatic heterocycles. The summed E-state index contributed by atoms with van der Waals surface area (Å²) in [5, 5.41) is 3.73. The van der Waals surface area contributed by atoms with Crippen LogP contribution in [0.25, 0.3) is 0 Å². The number of nitrogens with zero attached hydrogens (tertiary/aromatic N) is 1. The molecule has 0 unspecified atom stereocenters. The van der Waals surface area contributed by atoms with Gasteiger partial charge in [-0.2, -0.15) is 0 Å². The van der Waals surface area contributed by atoms with Gasteiger partial charge in [-0.25, -0.2) is 0 Å². The molecule has 138 valence electrons. The number of ether oxygens (including phenoxy) is 2. The molecule has 0 amide bonds. The molecule has 0 aliphatic rings. The molecule has 0 saturated carbocycles. The maximum absolute atomic E-state index is 5.86. The summed E-state index contributed by atoms with van der Waals surface area (Å²) in [6.07, 6.45) is 5.86. The summed E-state index contributed by atoms with van der Waals surface area (Å²) in [5.41, 5.74) is 3.17. The van der Waals surface area contributed by atoms with Gasteiger partial charge in [0.2, 0.25) is 6.79 Å². The first-order valence-corrected chi connectivity index (χ1v) is 9.40. The number of hydrogen-bond acceptors (Lipinski definition) is 5. The number of aryl methyl sites for hydroxylation is 2. The Bertz CT molecular complexity index is 731. The second kappa shape index (κ2) is 10.6. The zero-order chi connectivity index (χ0) is 18.8. The Labute approximate surface area is 159 Å². The third kappa shape index (κ3) is 6.15. The van der Waals surface area contributed by atoms with Crippen LogP contribution in [0.15, 0.2) is 58.6 Å². The van der Waals surface area contributed by atoms with Crippen molar-refractivity contribution in [3.63, 3.8) is 0 Å². The monoisotopic (exact) mass is 371 g/mol. The third-order valence-corrected chi connectivity index (χ3v) is 4.56. The fraction of sp³-hybridized carbons (Fsp3) is 0.286. The first-order chi connectivity index (χ1) is 12.6. The van der Waals surface area contributed by atoms with Crippen LogP contribution in [0.1, 0.15) is 23.6 Å². The van der Waals surface area contributed by atoms with Crippen molar-refractivity contribution in [2.24, 2.45) is 5.16 Å². The molecule has 2 rings (SSSR count). The van der Waals surface area contributed by atoms with Crippen LogP contribution in [0.2, 0.25) is 0 Å². The van der Waals surface area contributed by atoms with Crippen molar-refractivity contribution in [3.05, 3.63) is 65.2 Å². The Balaban J connectivity index is 1.91. The van der Waals surface area contributed by atoms with E-state index >= 15 is 0 Å². The summed E-state index contributed by atoms with van der Waals surface area (Å²) in [4.78, 5) is 5.91. The van der Waals surface area contributed by atoms with Gasteiger partial charge in [0, 0.05) is 10.6 Å². The molecule has 0 aliphatic heterocycles. The number of benzene rings is 2. The van der Waals surface area contributed by atoms with Gasteiger partial charge in [0.15, 0.2) is 0 Å².